The second-order valence-electron chi connectivity index (χ2n) is 5.56. The lowest BCUT2D eigenvalue weighted by atomic mass is 10.2. The average Bonchev–Trinajstić information content (AvgIpc) is 2.42. The van der Waals surface area contributed by atoms with E-state index in [4.69, 9.17) is 16.3 Å². The molecule has 20 heavy (non-hydrogen) atoms. The van der Waals surface area contributed by atoms with Gasteiger partial charge in [-0.3, -0.25) is 0 Å². The molecule has 0 radical (unpaired) electrons. The first kappa shape index (κ1) is 17.3. The third kappa shape index (κ3) is 7.16. The van der Waals surface area contributed by atoms with Crippen LogP contribution >= 0.6 is 11.6 Å². The minimum absolute atomic E-state index is 0.479. The zero-order valence-corrected chi connectivity index (χ0v) is 13.8. The molecule has 0 spiro atoms. The summed E-state index contributed by atoms with van der Waals surface area (Å²) in [6.45, 7) is 8.10. The molecule has 1 rings (SSSR count). The van der Waals surface area contributed by atoms with Crippen molar-refractivity contribution in [3.63, 3.8) is 0 Å². The van der Waals surface area contributed by atoms with Crippen LogP contribution in [0.2, 0.25) is 5.02 Å². The van der Waals surface area contributed by atoms with Crippen LogP contribution in [0, 0.1) is 0 Å². The smallest absolute Gasteiger partial charge is 0.137 e. The van der Waals surface area contributed by atoms with Gasteiger partial charge in [-0.1, -0.05) is 64.1 Å². The maximum Gasteiger partial charge on any atom is 0.137 e. The highest BCUT2D eigenvalue weighted by Crippen LogP contribution is 2.25. The SMILES string of the molecule is CCCCCCCOc1ccc(CNC(C)C)cc1Cl. The Morgan fingerprint density at radius 1 is 1.15 bits per heavy atom. The van der Waals surface area contributed by atoms with Crippen molar-refractivity contribution in [3.05, 3.63) is 28.8 Å². The first-order valence-electron chi connectivity index (χ1n) is 7.78. The molecule has 1 N–H and O–H groups in total. The Morgan fingerprint density at radius 2 is 1.90 bits per heavy atom. The Hall–Kier alpha value is -0.730. The fraction of sp³-hybridized carbons (Fsp3) is 0.647. The van der Waals surface area contributed by atoms with Crippen LogP contribution in [0.15, 0.2) is 18.2 Å². The summed E-state index contributed by atoms with van der Waals surface area (Å²) in [5, 5.41) is 4.09. The molecule has 0 aliphatic heterocycles. The minimum atomic E-state index is 0.479. The first-order valence-corrected chi connectivity index (χ1v) is 8.16. The number of ether oxygens (including phenoxy) is 1. The molecule has 0 saturated heterocycles. The van der Waals surface area contributed by atoms with E-state index in [-0.39, 0.29) is 0 Å². The molecule has 114 valence electrons. The molecule has 0 fully saturated rings. The lowest BCUT2D eigenvalue weighted by molar-refractivity contribution is 0.304. The van der Waals surface area contributed by atoms with Gasteiger partial charge in [0.25, 0.3) is 0 Å². The number of hydrogen-bond donors (Lipinski definition) is 1. The van der Waals surface area contributed by atoms with Crippen LogP contribution in [-0.4, -0.2) is 12.6 Å². The molecule has 0 atom stereocenters. The summed E-state index contributed by atoms with van der Waals surface area (Å²) in [4.78, 5) is 0. The van der Waals surface area contributed by atoms with Gasteiger partial charge in [0.2, 0.25) is 0 Å². The van der Waals surface area contributed by atoms with Crippen LogP contribution < -0.4 is 10.1 Å². The number of unbranched alkanes of at least 4 members (excludes halogenated alkanes) is 4. The van der Waals surface area contributed by atoms with Crippen molar-refractivity contribution >= 4 is 11.6 Å². The fourth-order valence-electron chi connectivity index (χ4n) is 1.98. The third-order valence-electron chi connectivity index (χ3n) is 3.22. The van der Waals surface area contributed by atoms with Gasteiger partial charge in [-0.05, 0) is 24.1 Å². The zero-order valence-electron chi connectivity index (χ0n) is 13.0. The zero-order chi connectivity index (χ0) is 14.8. The monoisotopic (exact) mass is 297 g/mol. The molecular weight excluding hydrogens is 270 g/mol. The van der Waals surface area contributed by atoms with E-state index in [1.165, 1.54) is 31.2 Å². The van der Waals surface area contributed by atoms with Crippen molar-refractivity contribution in [1.29, 1.82) is 0 Å². The standard InChI is InChI=1S/C17H28ClNO/c1-4-5-6-7-8-11-20-17-10-9-15(12-16(17)18)13-19-14(2)3/h9-10,12,14,19H,4-8,11,13H2,1-3H3. The molecule has 0 amide bonds. The van der Waals surface area contributed by atoms with Crippen LogP contribution in [0.5, 0.6) is 5.75 Å². The molecule has 0 aliphatic carbocycles. The van der Waals surface area contributed by atoms with Crippen LogP contribution in [0.4, 0.5) is 0 Å². The van der Waals surface area contributed by atoms with Gasteiger partial charge >= 0.3 is 0 Å². The van der Waals surface area contributed by atoms with Crippen molar-refractivity contribution in [1.82, 2.24) is 5.32 Å². The largest absolute Gasteiger partial charge is 0.492 e. The molecule has 1 aromatic carbocycles. The van der Waals surface area contributed by atoms with Crippen molar-refractivity contribution in [3.8, 4) is 5.75 Å². The molecule has 1 aromatic rings. The van der Waals surface area contributed by atoms with Crippen molar-refractivity contribution < 1.29 is 4.74 Å². The van der Waals surface area contributed by atoms with Gasteiger partial charge in [-0.15, -0.1) is 0 Å². The lowest BCUT2D eigenvalue weighted by Crippen LogP contribution is -2.21. The number of halogens is 1. The van der Waals surface area contributed by atoms with E-state index >= 15 is 0 Å². The summed E-state index contributed by atoms with van der Waals surface area (Å²) < 4.78 is 5.75. The highest BCUT2D eigenvalue weighted by Gasteiger charge is 2.03. The average molecular weight is 298 g/mol. The third-order valence-corrected chi connectivity index (χ3v) is 3.51. The van der Waals surface area contributed by atoms with E-state index in [9.17, 15) is 0 Å². The molecule has 0 aromatic heterocycles. The topological polar surface area (TPSA) is 21.3 Å². The molecule has 0 saturated carbocycles. The molecule has 0 unspecified atom stereocenters. The summed E-state index contributed by atoms with van der Waals surface area (Å²) in [6.07, 6.45) is 6.24. The Labute approximate surface area is 128 Å². The second kappa shape index (κ2) is 10.1. The minimum Gasteiger partial charge on any atom is -0.492 e. The molecule has 0 heterocycles. The van der Waals surface area contributed by atoms with Gasteiger partial charge in [0.1, 0.15) is 5.75 Å². The van der Waals surface area contributed by atoms with Gasteiger partial charge in [-0.25, -0.2) is 0 Å². The predicted octanol–water partition coefficient (Wildman–Crippen LogP) is 5.19. The Morgan fingerprint density at radius 3 is 2.55 bits per heavy atom. The second-order valence-corrected chi connectivity index (χ2v) is 5.97. The number of nitrogens with one attached hydrogen (secondary N) is 1. The van der Waals surface area contributed by atoms with Crippen LogP contribution in [0.25, 0.3) is 0 Å². The summed E-state index contributed by atoms with van der Waals surface area (Å²) in [5.74, 6) is 0.801. The quantitative estimate of drug-likeness (QED) is 0.600. The fourth-order valence-corrected chi connectivity index (χ4v) is 2.24. The van der Waals surface area contributed by atoms with E-state index in [1.807, 2.05) is 12.1 Å². The molecule has 0 bridgehead atoms. The van der Waals surface area contributed by atoms with E-state index < -0.39 is 0 Å². The number of rotatable bonds is 10. The number of benzene rings is 1. The van der Waals surface area contributed by atoms with Gasteiger partial charge in [0, 0.05) is 12.6 Å². The van der Waals surface area contributed by atoms with Gasteiger partial charge < -0.3 is 10.1 Å². The summed E-state index contributed by atoms with van der Waals surface area (Å²) >= 11 is 6.25. The summed E-state index contributed by atoms with van der Waals surface area (Å²) in [7, 11) is 0. The van der Waals surface area contributed by atoms with Crippen LogP contribution in [0.1, 0.15) is 58.4 Å². The maximum atomic E-state index is 6.25. The van der Waals surface area contributed by atoms with Crippen LogP contribution in [0.3, 0.4) is 0 Å². The Bertz CT molecular complexity index is 379. The highest BCUT2D eigenvalue weighted by molar-refractivity contribution is 6.32. The Kier molecular flexibility index (Phi) is 8.72. The van der Waals surface area contributed by atoms with E-state index in [0.717, 1.165) is 25.3 Å². The summed E-state index contributed by atoms with van der Waals surface area (Å²) in [6, 6.07) is 6.52. The van der Waals surface area contributed by atoms with E-state index in [0.29, 0.717) is 11.1 Å². The van der Waals surface area contributed by atoms with Crippen molar-refractivity contribution in [2.45, 2.75) is 65.5 Å². The van der Waals surface area contributed by atoms with Crippen molar-refractivity contribution in [2.24, 2.45) is 0 Å². The number of hydrogen-bond acceptors (Lipinski definition) is 2. The van der Waals surface area contributed by atoms with Crippen molar-refractivity contribution in [2.75, 3.05) is 6.61 Å². The maximum absolute atomic E-state index is 6.25. The van der Waals surface area contributed by atoms with Gasteiger partial charge in [-0.2, -0.15) is 0 Å². The van der Waals surface area contributed by atoms with Gasteiger partial charge in [0.15, 0.2) is 0 Å². The molecule has 2 nitrogen and oxygen atoms in total. The lowest BCUT2D eigenvalue weighted by Gasteiger charge is -2.11. The van der Waals surface area contributed by atoms with E-state index in [2.05, 4.69) is 32.2 Å². The van der Waals surface area contributed by atoms with Crippen LogP contribution in [-0.2, 0) is 6.54 Å². The van der Waals surface area contributed by atoms with E-state index in [1.54, 1.807) is 0 Å². The predicted molar refractivity (Wildman–Crippen MR) is 87.7 cm³/mol. The van der Waals surface area contributed by atoms with Gasteiger partial charge in [0.05, 0.1) is 11.6 Å². The highest BCUT2D eigenvalue weighted by atomic mass is 35.5. The molecule has 0 aliphatic rings. The molecule has 3 heteroatoms. The summed E-state index contributed by atoms with van der Waals surface area (Å²) in [5.41, 5.74) is 1.19. The first-order chi connectivity index (χ1) is 9.63. The normalized spacial score (nSPS) is 11.1. The Balaban J connectivity index is 2.32. The molecular formula is C17H28ClNO.